The topological polar surface area (TPSA) is 71.5 Å². The van der Waals surface area contributed by atoms with E-state index in [1.807, 2.05) is 24.3 Å². The number of pyridine rings is 1. The number of cyclic esters (lactones) is 1. The Bertz CT molecular complexity index is 1180. The van der Waals surface area contributed by atoms with Gasteiger partial charge < -0.3 is 10.1 Å². The molecule has 0 aliphatic carbocycles. The van der Waals surface area contributed by atoms with Gasteiger partial charge in [0, 0.05) is 24.2 Å². The molecule has 1 aliphatic heterocycles. The maximum atomic E-state index is 14.9. The van der Waals surface area contributed by atoms with Crippen LogP contribution in [-0.2, 0) is 22.4 Å². The summed E-state index contributed by atoms with van der Waals surface area (Å²) in [6.07, 6.45) is 2.53. The van der Waals surface area contributed by atoms with Gasteiger partial charge >= 0.3 is 6.09 Å². The predicted molar refractivity (Wildman–Crippen MR) is 124 cm³/mol. The van der Waals surface area contributed by atoms with E-state index in [9.17, 15) is 18.4 Å². The number of carbonyl (C=O) groups is 2. The van der Waals surface area contributed by atoms with Crippen molar-refractivity contribution in [2.45, 2.75) is 32.3 Å². The van der Waals surface area contributed by atoms with Gasteiger partial charge in [-0.05, 0) is 54.7 Å². The zero-order valence-corrected chi connectivity index (χ0v) is 18.8. The number of anilines is 1. The highest BCUT2D eigenvalue weighted by atomic mass is 19.1. The lowest BCUT2D eigenvalue weighted by molar-refractivity contribution is -0.119. The lowest BCUT2D eigenvalue weighted by atomic mass is 10.00. The maximum absolute atomic E-state index is 14.9. The van der Waals surface area contributed by atoms with Crippen LogP contribution in [0.2, 0.25) is 0 Å². The number of benzene rings is 2. The lowest BCUT2D eigenvalue weighted by Crippen LogP contribution is -2.33. The van der Waals surface area contributed by atoms with Gasteiger partial charge in [0.25, 0.3) is 0 Å². The monoisotopic (exact) mass is 465 g/mol. The first kappa shape index (κ1) is 23.4. The number of halogens is 2. The van der Waals surface area contributed by atoms with Crippen LogP contribution in [0.4, 0.5) is 19.3 Å². The van der Waals surface area contributed by atoms with Crippen LogP contribution in [0, 0.1) is 11.8 Å². The molecule has 34 heavy (non-hydrogen) atoms. The summed E-state index contributed by atoms with van der Waals surface area (Å²) in [7, 11) is 0. The second-order valence-electron chi connectivity index (χ2n) is 8.22. The molecule has 4 rings (SSSR count). The number of aromatic nitrogens is 1. The second kappa shape index (κ2) is 10.4. The van der Waals surface area contributed by atoms with E-state index in [-0.39, 0.29) is 19.0 Å². The predicted octanol–water partition coefficient (Wildman–Crippen LogP) is 4.66. The average molecular weight is 466 g/mol. The Morgan fingerprint density at radius 2 is 1.94 bits per heavy atom. The van der Waals surface area contributed by atoms with Crippen LogP contribution in [0.15, 0.2) is 60.8 Å². The van der Waals surface area contributed by atoms with Crippen LogP contribution in [-0.4, -0.2) is 36.2 Å². The Morgan fingerprint density at radius 1 is 1.15 bits per heavy atom. The number of amides is 2. The Labute approximate surface area is 196 Å². The van der Waals surface area contributed by atoms with Crippen molar-refractivity contribution in [1.29, 1.82) is 0 Å². The van der Waals surface area contributed by atoms with E-state index in [0.717, 1.165) is 24.0 Å². The zero-order chi connectivity index (χ0) is 24.1. The van der Waals surface area contributed by atoms with Crippen LogP contribution in [0.3, 0.4) is 0 Å². The number of aryl methyl sites for hydroxylation is 2. The van der Waals surface area contributed by atoms with Gasteiger partial charge in [-0.1, -0.05) is 30.3 Å². The third-order valence-electron chi connectivity index (χ3n) is 5.73. The van der Waals surface area contributed by atoms with Crippen LogP contribution < -0.4 is 10.2 Å². The molecular weight excluding hydrogens is 440 g/mol. The zero-order valence-electron chi connectivity index (χ0n) is 18.8. The van der Waals surface area contributed by atoms with Crippen molar-refractivity contribution in [3.8, 4) is 11.1 Å². The molecule has 176 valence electrons. The SMILES string of the molecule is CC(=O)NC[C@H]1CN(c2ccc(-c3ccc(CCCc4cccnc4F)cc3)c(F)c2)C(=O)O1. The first-order valence-electron chi connectivity index (χ1n) is 11.1. The van der Waals surface area contributed by atoms with E-state index in [0.29, 0.717) is 23.2 Å². The van der Waals surface area contributed by atoms with Crippen LogP contribution in [0.5, 0.6) is 0 Å². The minimum Gasteiger partial charge on any atom is -0.442 e. The van der Waals surface area contributed by atoms with Gasteiger partial charge in [-0.2, -0.15) is 4.39 Å². The average Bonchev–Trinajstić information content (AvgIpc) is 3.20. The summed E-state index contributed by atoms with van der Waals surface area (Å²) < 4.78 is 33.8. The number of carbonyl (C=O) groups excluding carboxylic acids is 2. The molecule has 2 aromatic carbocycles. The van der Waals surface area contributed by atoms with Gasteiger partial charge in [-0.3, -0.25) is 9.69 Å². The molecule has 0 saturated carbocycles. The largest absolute Gasteiger partial charge is 0.442 e. The summed E-state index contributed by atoms with van der Waals surface area (Å²) in [4.78, 5) is 28.3. The molecule has 2 amide bonds. The Morgan fingerprint density at radius 3 is 2.65 bits per heavy atom. The third kappa shape index (κ3) is 5.57. The van der Waals surface area contributed by atoms with Crippen LogP contribution >= 0.6 is 0 Å². The van der Waals surface area contributed by atoms with Crippen molar-refractivity contribution < 1.29 is 23.1 Å². The van der Waals surface area contributed by atoms with Crippen molar-refractivity contribution in [1.82, 2.24) is 10.3 Å². The molecule has 2 heterocycles. The normalized spacial score (nSPS) is 15.3. The molecule has 0 radical (unpaired) electrons. The van der Waals surface area contributed by atoms with Gasteiger partial charge in [0.2, 0.25) is 11.9 Å². The highest BCUT2D eigenvalue weighted by Crippen LogP contribution is 2.29. The fourth-order valence-corrected chi connectivity index (χ4v) is 3.94. The van der Waals surface area contributed by atoms with E-state index in [1.54, 1.807) is 24.3 Å². The molecule has 3 aromatic rings. The standard InChI is InChI=1S/C26H25F2N3O3/c1-17(32)30-15-22-16-31(26(33)34-22)21-11-12-23(24(27)14-21)19-9-7-18(8-10-19)4-2-5-20-6-3-13-29-25(20)28/h3,6-14,22H,2,4-5,15-16H2,1H3,(H,30,32)/t22-/m0/s1. The lowest BCUT2D eigenvalue weighted by Gasteiger charge is -2.15. The summed E-state index contributed by atoms with van der Waals surface area (Å²) in [5.41, 5.74) is 3.23. The minimum absolute atomic E-state index is 0.210. The fourth-order valence-electron chi connectivity index (χ4n) is 3.94. The molecule has 1 saturated heterocycles. The van der Waals surface area contributed by atoms with Gasteiger partial charge in [0.1, 0.15) is 11.9 Å². The Balaban J connectivity index is 1.37. The van der Waals surface area contributed by atoms with Crippen LogP contribution in [0.25, 0.3) is 11.1 Å². The summed E-state index contributed by atoms with van der Waals surface area (Å²) in [5, 5.41) is 2.61. The quantitative estimate of drug-likeness (QED) is 0.491. The van der Waals surface area contributed by atoms with E-state index in [4.69, 9.17) is 4.74 Å². The van der Waals surface area contributed by atoms with Gasteiger partial charge in [0.05, 0.1) is 18.8 Å². The first-order valence-corrected chi connectivity index (χ1v) is 11.1. The number of nitrogens with one attached hydrogen (secondary N) is 1. The number of nitrogens with zero attached hydrogens (tertiary/aromatic N) is 2. The number of rotatable bonds is 8. The second-order valence-corrected chi connectivity index (χ2v) is 8.22. The number of hydrogen-bond acceptors (Lipinski definition) is 4. The van der Waals surface area contributed by atoms with E-state index >= 15 is 0 Å². The Kier molecular flexibility index (Phi) is 7.15. The minimum atomic E-state index is -0.571. The van der Waals surface area contributed by atoms with Crippen molar-refractivity contribution in [2.24, 2.45) is 0 Å². The van der Waals surface area contributed by atoms with E-state index in [2.05, 4.69) is 10.3 Å². The highest BCUT2D eigenvalue weighted by Gasteiger charge is 2.32. The molecule has 1 aromatic heterocycles. The third-order valence-corrected chi connectivity index (χ3v) is 5.73. The molecule has 1 fully saturated rings. The van der Waals surface area contributed by atoms with Gasteiger partial charge in [-0.25, -0.2) is 14.2 Å². The number of ether oxygens (including phenoxy) is 1. The molecule has 1 aliphatic rings. The van der Waals surface area contributed by atoms with E-state index < -0.39 is 24.0 Å². The Hall–Kier alpha value is -3.81. The molecule has 0 spiro atoms. The molecule has 1 atom stereocenters. The summed E-state index contributed by atoms with van der Waals surface area (Å²) in [5.74, 6) is -1.09. The van der Waals surface area contributed by atoms with E-state index in [1.165, 1.54) is 24.1 Å². The summed E-state index contributed by atoms with van der Waals surface area (Å²) in [6, 6.07) is 15.7. The van der Waals surface area contributed by atoms with Crippen LogP contribution in [0.1, 0.15) is 24.5 Å². The molecule has 0 unspecified atom stereocenters. The summed E-state index contributed by atoms with van der Waals surface area (Å²) in [6.45, 7) is 1.83. The number of hydrogen-bond donors (Lipinski definition) is 1. The van der Waals surface area contributed by atoms with Crippen molar-refractivity contribution in [3.05, 3.63) is 83.7 Å². The molecule has 0 bridgehead atoms. The maximum Gasteiger partial charge on any atom is 0.414 e. The molecular formula is C26H25F2N3O3. The van der Waals surface area contributed by atoms with Crippen molar-refractivity contribution in [3.63, 3.8) is 0 Å². The van der Waals surface area contributed by atoms with Crippen molar-refractivity contribution in [2.75, 3.05) is 18.0 Å². The molecule has 8 heteroatoms. The fraction of sp³-hybridized carbons (Fsp3) is 0.269. The van der Waals surface area contributed by atoms with Gasteiger partial charge in [0.15, 0.2) is 0 Å². The molecule has 1 N–H and O–H groups in total. The molecule has 6 nitrogen and oxygen atoms in total. The first-order chi connectivity index (χ1) is 16.4. The van der Waals surface area contributed by atoms with Gasteiger partial charge in [-0.15, -0.1) is 0 Å². The highest BCUT2D eigenvalue weighted by molar-refractivity contribution is 5.90. The summed E-state index contributed by atoms with van der Waals surface area (Å²) >= 11 is 0. The van der Waals surface area contributed by atoms with Crippen molar-refractivity contribution >= 4 is 17.7 Å². The smallest absolute Gasteiger partial charge is 0.414 e.